The van der Waals surface area contributed by atoms with Crippen LogP contribution in [0.15, 0.2) is 42.6 Å². The molecule has 0 atom stereocenters. The molecule has 1 amide bonds. The van der Waals surface area contributed by atoms with Crippen LogP contribution < -0.4 is 10.2 Å². The minimum Gasteiger partial charge on any atom is -0.357 e. The highest BCUT2D eigenvalue weighted by Gasteiger charge is 2.08. The van der Waals surface area contributed by atoms with Crippen LogP contribution in [0.25, 0.3) is 0 Å². The van der Waals surface area contributed by atoms with Gasteiger partial charge in [0.25, 0.3) is 0 Å². The Kier molecular flexibility index (Phi) is 6.79. The fourth-order valence-corrected chi connectivity index (χ4v) is 2.71. The first kappa shape index (κ1) is 18.0. The number of carbonyl (C=O) groups excluding carboxylic acids is 1. The van der Waals surface area contributed by atoms with Gasteiger partial charge in [-0.25, -0.2) is 4.98 Å². The molecule has 1 aromatic carbocycles. The van der Waals surface area contributed by atoms with E-state index in [0.717, 1.165) is 48.6 Å². The zero-order valence-corrected chi connectivity index (χ0v) is 14.9. The summed E-state index contributed by atoms with van der Waals surface area (Å²) in [6, 6.07) is 11.9. The van der Waals surface area contributed by atoms with E-state index in [4.69, 9.17) is 0 Å². The van der Waals surface area contributed by atoms with Crippen molar-refractivity contribution in [3.05, 3.63) is 53.7 Å². The minimum absolute atomic E-state index is 0.0159. The number of benzene rings is 1. The second-order valence-electron chi connectivity index (χ2n) is 6.04. The summed E-state index contributed by atoms with van der Waals surface area (Å²) in [5, 5.41) is 2.93. The molecule has 1 heterocycles. The molecule has 0 saturated carbocycles. The van der Waals surface area contributed by atoms with E-state index in [2.05, 4.69) is 29.0 Å². The standard InChI is InChI=1S/C20H27N3O/c1-4-12-23(13-5-2)19-11-10-18(15-21-19)22-20(24)14-17-9-7-6-8-16(17)3/h6-11,15H,4-5,12-14H2,1-3H3,(H,22,24). The third-order valence-corrected chi connectivity index (χ3v) is 3.95. The van der Waals surface area contributed by atoms with E-state index in [1.807, 2.05) is 43.3 Å². The van der Waals surface area contributed by atoms with E-state index in [9.17, 15) is 4.79 Å². The number of amides is 1. The van der Waals surface area contributed by atoms with Gasteiger partial charge in [-0.05, 0) is 43.0 Å². The molecule has 4 heteroatoms. The minimum atomic E-state index is -0.0159. The Labute approximate surface area is 144 Å². The summed E-state index contributed by atoms with van der Waals surface area (Å²) < 4.78 is 0. The largest absolute Gasteiger partial charge is 0.357 e. The van der Waals surface area contributed by atoms with Crippen molar-refractivity contribution in [3.63, 3.8) is 0 Å². The molecule has 2 rings (SSSR count). The predicted octanol–water partition coefficient (Wildman–Crippen LogP) is 4.20. The molecule has 1 N–H and O–H groups in total. The number of pyridine rings is 1. The first-order valence-corrected chi connectivity index (χ1v) is 8.69. The van der Waals surface area contributed by atoms with Crippen molar-refractivity contribution in [2.45, 2.75) is 40.0 Å². The molecule has 0 spiro atoms. The lowest BCUT2D eigenvalue weighted by Crippen LogP contribution is -2.25. The van der Waals surface area contributed by atoms with Crippen LogP contribution in [-0.4, -0.2) is 24.0 Å². The highest BCUT2D eigenvalue weighted by molar-refractivity contribution is 5.92. The third-order valence-electron chi connectivity index (χ3n) is 3.95. The number of nitrogens with one attached hydrogen (secondary N) is 1. The zero-order valence-electron chi connectivity index (χ0n) is 14.9. The average Bonchev–Trinajstić information content (AvgIpc) is 2.57. The van der Waals surface area contributed by atoms with Crippen molar-refractivity contribution >= 4 is 17.4 Å². The maximum absolute atomic E-state index is 12.2. The molecule has 24 heavy (non-hydrogen) atoms. The van der Waals surface area contributed by atoms with Gasteiger partial charge in [0, 0.05) is 13.1 Å². The number of anilines is 2. The Hall–Kier alpha value is -2.36. The number of carbonyl (C=O) groups is 1. The molecule has 0 aliphatic carbocycles. The van der Waals surface area contributed by atoms with Gasteiger partial charge in [0.1, 0.15) is 5.82 Å². The second kappa shape index (κ2) is 9.06. The van der Waals surface area contributed by atoms with Gasteiger partial charge in [-0.1, -0.05) is 38.1 Å². The van der Waals surface area contributed by atoms with Gasteiger partial charge in [-0.3, -0.25) is 4.79 Å². The molecule has 0 radical (unpaired) electrons. The molecular weight excluding hydrogens is 298 g/mol. The van der Waals surface area contributed by atoms with Crippen LogP contribution in [0, 0.1) is 6.92 Å². The first-order valence-electron chi connectivity index (χ1n) is 8.69. The van der Waals surface area contributed by atoms with Gasteiger partial charge in [-0.2, -0.15) is 0 Å². The molecule has 4 nitrogen and oxygen atoms in total. The van der Waals surface area contributed by atoms with Gasteiger partial charge in [0.2, 0.25) is 5.91 Å². The fraction of sp³-hybridized carbons (Fsp3) is 0.400. The Morgan fingerprint density at radius 3 is 2.38 bits per heavy atom. The normalized spacial score (nSPS) is 10.5. The van der Waals surface area contributed by atoms with E-state index in [1.165, 1.54) is 0 Å². The highest BCUT2D eigenvalue weighted by atomic mass is 16.1. The van der Waals surface area contributed by atoms with Crippen molar-refractivity contribution in [1.29, 1.82) is 0 Å². The molecule has 0 bridgehead atoms. The van der Waals surface area contributed by atoms with E-state index >= 15 is 0 Å². The third kappa shape index (κ3) is 5.08. The maximum atomic E-state index is 12.2. The maximum Gasteiger partial charge on any atom is 0.228 e. The predicted molar refractivity (Wildman–Crippen MR) is 101 cm³/mol. The van der Waals surface area contributed by atoms with Crippen LogP contribution in [0.3, 0.4) is 0 Å². The smallest absolute Gasteiger partial charge is 0.228 e. The van der Waals surface area contributed by atoms with Crippen LogP contribution in [0.5, 0.6) is 0 Å². The van der Waals surface area contributed by atoms with Crippen LogP contribution >= 0.6 is 0 Å². The summed E-state index contributed by atoms with van der Waals surface area (Å²) in [5.74, 6) is 0.952. The Balaban J connectivity index is 1.98. The Morgan fingerprint density at radius 2 is 1.79 bits per heavy atom. The highest BCUT2D eigenvalue weighted by Crippen LogP contribution is 2.16. The molecule has 1 aromatic heterocycles. The number of aryl methyl sites for hydroxylation is 1. The van der Waals surface area contributed by atoms with Crippen molar-refractivity contribution in [1.82, 2.24) is 4.98 Å². The van der Waals surface area contributed by atoms with Crippen molar-refractivity contribution in [2.75, 3.05) is 23.3 Å². The van der Waals surface area contributed by atoms with Gasteiger partial charge in [0.05, 0.1) is 18.3 Å². The number of hydrogen-bond acceptors (Lipinski definition) is 3. The topological polar surface area (TPSA) is 45.2 Å². The fourth-order valence-electron chi connectivity index (χ4n) is 2.71. The molecule has 128 valence electrons. The molecule has 0 aliphatic heterocycles. The average molecular weight is 325 g/mol. The number of aromatic nitrogens is 1. The molecule has 0 aliphatic rings. The van der Waals surface area contributed by atoms with Gasteiger partial charge in [-0.15, -0.1) is 0 Å². The van der Waals surface area contributed by atoms with E-state index in [-0.39, 0.29) is 5.91 Å². The van der Waals surface area contributed by atoms with E-state index in [1.54, 1.807) is 6.20 Å². The summed E-state index contributed by atoms with van der Waals surface area (Å²) in [7, 11) is 0. The van der Waals surface area contributed by atoms with Crippen molar-refractivity contribution in [2.24, 2.45) is 0 Å². The Bertz CT molecular complexity index is 646. The van der Waals surface area contributed by atoms with Crippen LogP contribution in [0.1, 0.15) is 37.8 Å². The summed E-state index contributed by atoms with van der Waals surface area (Å²) in [4.78, 5) is 19.0. The summed E-state index contributed by atoms with van der Waals surface area (Å²) in [6.45, 7) is 8.36. The van der Waals surface area contributed by atoms with Crippen molar-refractivity contribution in [3.8, 4) is 0 Å². The van der Waals surface area contributed by atoms with E-state index in [0.29, 0.717) is 6.42 Å². The summed E-state index contributed by atoms with van der Waals surface area (Å²) in [5.41, 5.74) is 2.93. The SMILES string of the molecule is CCCN(CCC)c1ccc(NC(=O)Cc2ccccc2C)cn1. The molecule has 0 unspecified atom stereocenters. The first-order chi connectivity index (χ1) is 11.6. The molecule has 0 fully saturated rings. The van der Waals surface area contributed by atoms with Gasteiger partial charge >= 0.3 is 0 Å². The lowest BCUT2D eigenvalue weighted by Gasteiger charge is -2.22. The zero-order chi connectivity index (χ0) is 17.4. The quantitative estimate of drug-likeness (QED) is 0.791. The lowest BCUT2D eigenvalue weighted by atomic mass is 10.1. The second-order valence-corrected chi connectivity index (χ2v) is 6.04. The molecule has 0 saturated heterocycles. The monoisotopic (exact) mass is 325 g/mol. The van der Waals surface area contributed by atoms with Crippen LogP contribution in [-0.2, 0) is 11.2 Å². The number of hydrogen-bond donors (Lipinski definition) is 1. The molecule has 2 aromatic rings. The molecular formula is C20H27N3O. The summed E-state index contributed by atoms with van der Waals surface area (Å²) in [6.07, 6.45) is 4.31. The van der Waals surface area contributed by atoms with Gasteiger partial charge in [0.15, 0.2) is 0 Å². The lowest BCUT2D eigenvalue weighted by molar-refractivity contribution is -0.115. The number of nitrogens with zero attached hydrogens (tertiary/aromatic N) is 2. The van der Waals surface area contributed by atoms with Crippen molar-refractivity contribution < 1.29 is 4.79 Å². The number of rotatable bonds is 8. The van der Waals surface area contributed by atoms with Crippen LogP contribution in [0.2, 0.25) is 0 Å². The van der Waals surface area contributed by atoms with Gasteiger partial charge < -0.3 is 10.2 Å². The Morgan fingerprint density at radius 1 is 1.08 bits per heavy atom. The summed E-state index contributed by atoms with van der Waals surface area (Å²) >= 11 is 0. The van der Waals surface area contributed by atoms with E-state index < -0.39 is 0 Å². The van der Waals surface area contributed by atoms with Crippen LogP contribution in [0.4, 0.5) is 11.5 Å².